The second-order valence-electron chi connectivity index (χ2n) is 14.3. The summed E-state index contributed by atoms with van der Waals surface area (Å²) in [6.45, 7) is 8.08. The molecule has 3 unspecified atom stereocenters. The number of benzene rings is 2. The number of nitrogens with zero attached hydrogens (tertiary/aromatic N) is 2. The Morgan fingerprint density at radius 2 is 1.76 bits per heavy atom. The van der Waals surface area contributed by atoms with Gasteiger partial charge in [0.25, 0.3) is 0 Å². The molecule has 2 saturated heterocycles. The van der Waals surface area contributed by atoms with Crippen molar-refractivity contribution < 1.29 is 28.5 Å². The van der Waals surface area contributed by atoms with Crippen LogP contribution in [0.4, 0.5) is 0 Å². The molecule has 8 atom stereocenters. The molecule has 8 rings (SSSR count). The number of esters is 1. The first-order valence-corrected chi connectivity index (χ1v) is 16.3. The lowest BCUT2D eigenvalue weighted by Crippen LogP contribution is -2.63. The normalized spacial score (nSPS) is 37.3. The van der Waals surface area contributed by atoms with Crippen LogP contribution in [0.2, 0.25) is 0 Å². The topological polar surface area (TPSA) is 81.0 Å². The van der Waals surface area contributed by atoms with Gasteiger partial charge in [-0.3, -0.25) is 0 Å². The fourth-order valence-electron chi connectivity index (χ4n) is 9.65. The maximum absolute atomic E-state index is 12.4. The van der Waals surface area contributed by atoms with Gasteiger partial charge in [-0.25, -0.2) is 9.48 Å². The molecule has 4 fully saturated rings. The molecular weight excluding hydrogens is 568 g/mol. The van der Waals surface area contributed by atoms with E-state index in [1.54, 1.807) is 7.11 Å². The molecule has 2 saturated carbocycles. The molecule has 236 valence electrons. The molecule has 45 heavy (non-hydrogen) atoms. The first-order chi connectivity index (χ1) is 21.7. The second-order valence-corrected chi connectivity index (χ2v) is 14.3. The molecule has 2 aromatic carbocycles. The van der Waals surface area contributed by atoms with Crippen LogP contribution in [-0.2, 0) is 23.7 Å². The summed E-state index contributed by atoms with van der Waals surface area (Å²) in [5.74, 6) is 1.35. The number of carbonyl (C=O) groups excluding carboxylic acids is 1. The molecule has 0 spiro atoms. The number of rotatable bonds is 5. The van der Waals surface area contributed by atoms with Crippen LogP contribution >= 0.6 is 0 Å². The van der Waals surface area contributed by atoms with E-state index in [0.29, 0.717) is 30.6 Å². The molecule has 4 heterocycles. The molecule has 0 amide bonds. The molecule has 3 aliphatic heterocycles. The zero-order valence-electron chi connectivity index (χ0n) is 26.5. The minimum Gasteiger partial charge on any atom is -0.497 e. The lowest BCUT2D eigenvalue weighted by Gasteiger charge is -2.64. The molecule has 3 aromatic rings. The maximum Gasteiger partial charge on any atom is 0.336 e. The van der Waals surface area contributed by atoms with Crippen LogP contribution in [0.5, 0.6) is 5.75 Å². The van der Waals surface area contributed by atoms with Crippen LogP contribution in [0.25, 0.3) is 16.9 Å². The van der Waals surface area contributed by atoms with Crippen LogP contribution in [0.15, 0.2) is 72.4 Å². The van der Waals surface area contributed by atoms with Gasteiger partial charge in [0, 0.05) is 17.2 Å². The summed E-state index contributed by atoms with van der Waals surface area (Å²) < 4.78 is 33.0. The van der Waals surface area contributed by atoms with Gasteiger partial charge in [0.05, 0.1) is 48.3 Å². The zero-order chi connectivity index (χ0) is 31.0. The van der Waals surface area contributed by atoms with E-state index in [-0.39, 0.29) is 34.6 Å². The Bertz CT molecular complexity index is 1630. The van der Waals surface area contributed by atoms with Crippen molar-refractivity contribution in [2.24, 2.45) is 22.7 Å². The molecule has 5 aliphatic rings. The predicted molar refractivity (Wildman–Crippen MR) is 168 cm³/mol. The minimum absolute atomic E-state index is 0.0576. The fourth-order valence-corrected chi connectivity index (χ4v) is 9.65. The van der Waals surface area contributed by atoms with Gasteiger partial charge < -0.3 is 23.7 Å². The Morgan fingerprint density at radius 3 is 2.49 bits per heavy atom. The highest BCUT2D eigenvalue weighted by atomic mass is 16.7. The highest BCUT2D eigenvalue weighted by Crippen LogP contribution is 2.67. The lowest BCUT2D eigenvalue weighted by molar-refractivity contribution is -0.314. The third kappa shape index (κ3) is 4.51. The van der Waals surface area contributed by atoms with Gasteiger partial charge in [0.2, 0.25) is 0 Å². The number of hydrogen-bond acceptors (Lipinski definition) is 7. The summed E-state index contributed by atoms with van der Waals surface area (Å²) in [4.78, 5) is 12.4. The molecule has 0 radical (unpaired) electrons. The zero-order valence-corrected chi connectivity index (χ0v) is 26.5. The minimum atomic E-state index is -0.518. The lowest BCUT2D eigenvalue weighted by atomic mass is 9.44. The van der Waals surface area contributed by atoms with Gasteiger partial charge in [-0.15, -0.1) is 0 Å². The molecule has 8 nitrogen and oxygen atoms in total. The number of cyclic esters (lactones) is 1. The largest absolute Gasteiger partial charge is 0.497 e. The SMILES string of the molecule is COc1ccc(-c2nn(-c3ccccc3)cc2C2OC[C@@]3(C)[C@H]4CCC5(C)OC(C6=CCOC6=O)C[C@H]5[C@]4(C)CC[C@H]3O2)cc1. The van der Waals surface area contributed by atoms with Crippen molar-refractivity contribution in [2.45, 2.75) is 77.0 Å². The number of hydrogen-bond donors (Lipinski definition) is 0. The molecule has 1 aromatic heterocycles. The van der Waals surface area contributed by atoms with Crippen LogP contribution in [0.3, 0.4) is 0 Å². The van der Waals surface area contributed by atoms with Crippen molar-refractivity contribution in [3.05, 3.63) is 78.0 Å². The first kappa shape index (κ1) is 29.0. The van der Waals surface area contributed by atoms with E-state index in [2.05, 4.69) is 39.1 Å². The summed E-state index contributed by atoms with van der Waals surface area (Å²) >= 11 is 0. The smallest absolute Gasteiger partial charge is 0.336 e. The molecular formula is C37H42N2O6. The molecule has 0 N–H and O–H groups in total. The van der Waals surface area contributed by atoms with Crippen molar-refractivity contribution in [3.8, 4) is 22.7 Å². The van der Waals surface area contributed by atoms with E-state index in [1.165, 1.54) is 0 Å². The van der Waals surface area contributed by atoms with E-state index in [4.69, 9.17) is 28.8 Å². The van der Waals surface area contributed by atoms with E-state index in [0.717, 1.165) is 60.4 Å². The van der Waals surface area contributed by atoms with Crippen molar-refractivity contribution in [1.82, 2.24) is 9.78 Å². The van der Waals surface area contributed by atoms with E-state index < -0.39 is 6.29 Å². The summed E-state index contributed by atoms with van der Waals surface area (Å²) in [5, 5.41) is 5.03. The van der Waals surface area contributed by atoms with E-state index in [1.807, 2.05) is 53.2 Å². The third-order valence-corrected chi connectivity index (χ3v) is 11.9. The number of fused-ring (bicyclic) bond motifs is 5. The Labute approximate surface area is 264 Å². The van der Waals surface area contributed by atoms with Crippen LogP contribution in [0, 0.1) is 22.7 Å². The number of ether oxygens (including phenoxy) is 5. The van der Waals surface area contributed by atoms with Crippen molar-refractivity contribution in [2.75, 3.05) is 20.3 Å². The maximum atomic E-state index is 12.4. The van der Waals surface area contributed by atoms with E-state index in [9.17, 15) is 4.79 Å². The van der Waals surface area contributed by atoms with Crippen LogP contribution in [0.1, 0.15) is 64.7 Å². The molecule has 2 aliphatic carbocycles. The fraction of sp³-hybridized carbons (Fsp3) is 0.514. The van der Waals surface area contributed by atoms with Gasteiger partial charge in [0.1, 0.15) is 18.1 Å². The van der Waals surface area contributed by atoms with Crippen LogP contribution < -0.4 is 4.74 Å². The number of aromatic nitrogens is 2. The monoisotopic (exact) mass is 610 g/mol. The van der Waals surface area contributed by atoms with Gasteiger partial charge >= 0.3 is 5.97 Å². The summed E-state index contributed by atoms with van der Waals surface area (Å²) in [6, 6.07) is 18.1. The van der Waals surface area contributed by atoms with Crippen molar-refractivity contribution in [3.63, 3.8) is 0 Å². The predicted octanol–water partition coefficient (Wildman–Crippen LogP) is 6.83. The van der Waals surface area contributed by atoms with Crippen LogP contribution in [-0.4, -0.2) is 53.9 Å². The molecule has 8 heteroatoms. The summed E-state index contributed by atoms with van der Waals surface area (Å²) in [6.07, 6.45) is 8.21. The van der Waals surface area contributed by atoms with Gasteiger partial charge in [-0.05, 0) is 98.8 Å². The quantitative estimate of drug-likeness (QED) is 0.293. The average Bonchev–Trinajstić information content (AvgIpc) is 3.78. The van der Waals surface area contributed by atoms with Gasteiger partial charge in [0.15, 0.2) is 6.29 Å². The van der Waals surface area contributed by atoms with Crippen molar-refractivity contribution >= 4 is 5.97 Å². The third-order valence-electron chi connectivity index (χ3n) is 11.9. The number of para-hydroxylation sites is 1. The standard InChI is InChI=1S/C37H42N2O6/c1-35-17-15-31-36(2,29(35)14-18-37(3)30(35)20-28(45-37)26-16-19-42-33(26)40)22-43-34(44-31)27-21-39(24-8-6-5-7-9-24)38-32(27)23-10-12-25(41-4)13-11-23/h5-13,16,21,28-31,34H,14-15,17-20,22H2,1-4H3/t28?,29-,30-,31+,34?,35+,36-,37?/m0/s1. The van der Waals surface area contributed by atoms with E-state index >= 15 is 0 Å². The van der Waals surface area contributed by atoms with Crippen molar-refractivity contribution in [1.29, 1.82) is 0 Å². The highest BCUT2D eigenvalue weighted by Gasteiger charge is 2.66. The average molecular weight is 611 g/mol. The number of carbonyl (C=O) groups is 1. The Kier molecular flexibility index (Phi) is 6.79. The second kappa shape index (κ2) is 10.5. The Balaban J connectivity index is 1.08. The van der Waals surface area contributed by atoms with Gasteiger partial charge in [-0.1, -0.05) is 32.0 Å². The molecule has 0 bridgehead atoms. The Hall–Kier alpha value is -3.46. The van der Waals surface area contributed by atoms with Gasteiger partial charge in [-0.2, -0.15) is 5.10 Å². The first-order valence-electron chi connectivity index (χ1n) is 16.3. The summed E-state index contributed by atoms with van der Waals surface area (Å²) in [7, 11) is 1.67. The highest BCUT2D eigenvalue weighted by molar-refractivity contribution is 5.91. The number of methoxy groups -OCH3 is 1. The summed E-state index contributed by atoms with van der Waals surface area (Å²) in [5.41, 5.74) is 4.13. The Morgan fingerprint density at radius 1 is 0.956 bits per heavy atom.